The lowest BCUT2D eigenvalue weighted by molar-refractivity contribution is -0.137. The van der Waals surface area contributed by atoms with Gasteiger partial charge >= 0.3 is 6.18 Å². The second-order valence-corrected chi connectivity index (χ2v) is 7.52. The molecule has 162 valence electrons. The second kappa shape index (κ2) is 9.84. The molecule has 2 heterocycles. The lowest BCUT2D eigenvalue weighted by atomic mass is 9.97. The minimum absolute atomic E-state index is 0.417. The molecule has 0 fully saturated rings. The van der Waals surface area contributed by atoms with Crippen molar-refractivity contribution in [2.24, 2.45) is 0 Å². The van der Waals surface area contributed by atoms with Crippen molar-refractivity contribution in [1.82, 2.24) is 9.97 Å². The molecule has 0 radical (unpaired) electrons. The van der Waals surface area contributed by atoms with Gasteiger partial charge in [-0.2, -0.15) is 18.4 Å². The number of pyridine rings is 1. The van der Waals surface area contributed by atoms with Crippen LogP contribution in [0.15, 0.2) is 71.6 Å². The molecule has 4 aromatic rings. The molecule has 3 nitrogen and oxygen atoms in total. The van der Waals surface area contributed by atoms with Gasteiger partial charge in [-0.15, -0.1) is 0 Å². The summed E-state index contributed by atoms with van der Waals surface area (Å²) >= 11 is 3.44. The Balaban J connectivity index is 0.00000141. The Morgan fingerprint density at radius 3 is 2.47 bits per heavy atom. The maximum atomic E-state index is 12.9. The van der Waals surface area contributed by atoms with Crippen molar-refractivity contribution >= 4 is 38.5 Å². The third-order valence-corrected chi connectivity index (χ3v) is 5.22. The van der Waals surface area contributed by atoms with E-state index in [9.17, 15) is 18.4 Å². The SMILES string of the molecule is CC.N#C/C(=C\c1cnccc1-c1ccc(C(F)(F)F)cc1)c1c[nH]c2ccc(Br)cc12. The van der Waals surface area contributed by atoms with Crippen LogP contribution in [0.4, 0.5) is 13.2 Å². The summed E-state index contributed by atoms with van der Waals surface area (Å²) in [4.78, 5) is 7.27. The molecule has 0 aliphatic carbocycles. The molecule has 2 aromatic carbocycles. The lowest BCUT2D eigenvalue weighted by Gasteiger charge is -2.10. The number of allylic oxidation sites excluding steroid dienone is 1. The molecular formula is C25H19BrF3N3. The number of fused-ring (bicyclic) bond motifs is 1. The molecule has 4 rings (SSSR count). The van der Waals surface area contributed by atoms with E-state index in [-0.39, 0.29) is 0 Å². The van der Waals surface area contributed by atoms with E-state index in [0.29, 0.717) is 22.3 Å². The average Bonchev–Trinajstić information content (AvgIpc) is 3.21. The van der Waals surface area contributed by atoms with Crippen LogP contribution in [0.1, 0.15) is 30.5 Å². The number of nitrogens with one attached hydrogen (secondary N) is 1. The van der Waals surface area contributed by atoms with E-state index in [1.54, 1.807) is 30.7 Å². The Labute approximate surface area is 192 Å². The van der Waals surface area contributed by atoms with Crippen molar-refractivity contribution in [2.75, 3.05) is 0 Å². The fourth-order valence-corrected chi connectivity index (χ4v) is 3.63. The number of aromatic nitrogens is 2. The highest BCUT2D eigenvalue weighted by molar-refractivity contribution is 9.10. The Bertz CT molecular complexity index is 1300. The summed E-state index contributed by atoms with van der Waals surface area (Å²) in [6.07, 6.45) is 2.23. The van der Waals surface area contributed by atoms with Crippen LogP contribution in [0.3, 0.4) is 0 Å². The van der Waals surface area contributed by atoms with Gasteiger partial charge in [0, 0.05) is 45.1 Å². The highest BCUT2D eigenvalue weighted by atomic mass is 79.9. The normalized spacial score (nSPS) is 11.6. The molecule has 32 heavy (non-hydrogen) atoms. The summed E-state index contributed by atoms with van der Waals surface area (Å²) in [5.74, 6) is 0. The zero-order chi connectivity index (χ0) is 23.3. The molecule has 0 aliphatic heterocycles. The van der Waals surface area contributed by atoms with Crippen LogP contribution in [0, 0.1) is 11.3 Å². The van der Waals surface area contributed by atoms with E-state index in [1.165, 1.54) is 12.1 Å². The van der Waals surface area contributed by atoms with Crippen LogP contribution < -0.4 is 0 Å². The summed E-state index contributed by atoms with van der Waals surface area (Å²) in [6.45, 7) is 4.00. The maximum Gasteiger partial charge on any atom is 0.416 e. The molecule has 0 spiro atoms. The monoisotopic (exact) mass is 497 g/mol. The van der Waals surface area contributed by atoms with Crippen molar-refractivity contribution < 1.29 is 13.2 Å². The molecule has 1 N–H and O–H groups in total. The molecule has 0 saturated carbocycles. The molecule has 0 unspecified atom stereocenters. The van der Waals surface area contributed by atoms with Crippen molar-refractivity contribution in [3.05, 3.63) is 88.3 Å². The van der Waals surface area contributed by atoms with E-state index in [4.69, 9.17) is 0 Å². The summed E-state index contributed by atoms with van der Waals surface area (Å²) in [5, 5.41) is 10.7. The first-order valence-electron chi connectivity index (χ1n) is 9.87. The van der Waals surface area contributed by atoms with Crippen molar-refractivity contribution in [3.8, 4) is 17.2 Å². The molecular weight excluding hydrogens is 479 g/mol. The van der Waals surface area contributed by atoms with Gasteiger partial charge in [0.15, 0.2) is 0 Å². The molecule has 2 aromatic heterocycles. The average molecular weight is 498 g/mol. The van der Waals surface area contributed by atoms with Gasteiger partial charge in [0.2, 0.25) is 0 Å². The number of alkyl halides is 3. The van der Waals surface area contributed by atoms with E-state index in [0.717, 1.165) is 33.1 Å². The van der Waals surface area contributed by atoms with Crippen LogP contribution in [-0.2, 0) is 6.18 Å². The van der Waals surface area contributed by atoms with Crippen LogP contribution >= 0.6 is 15.9 Å². The number of hydrogen-bond donors (Lipinski definition) is 1. The summed E-state index contributed by atoms with van der Waals surface area (Å²) in [7, 11) is 0. The summed E-state index contributed by atoms with van der Waals surface area (Å²) in [6, 6.07) is 14.6. The van der Waals surface area contributed by atoms with Crippen molar-refractivity contribution in [1.29, 1.82) is 5.26 Å². The van der Waals surface area contributed by atoms with Crippen LogP contribution in [-0.4, -0.2) is 9.97 Å². The first-order valence-corrected chi connectivity index (χ1v) is 10.7. The molecule has 0 atom stereocenters. The molecule has 0 aliphatic rings. The Morgan fingerprint density at radius 2 is 1.81 bits per heavy atom. The number of benzene rings is 2. The quantitative estimate of drug-likeness (QED) is 0.290. The van der Waals surface area contributed by atoms with Gasteiger partial charge in [0.25, 0.3) is 0 Å². The Morgan fingerprint density at radius 1 is 1.09 bits per heavy atom. The maximum absolute atomic E-state index is 12.9. The van der Waals surface area contributed by atoms with E-state index < -0.39 is 11.7 Å². The number of halogens is 4. The van der Waals surface area contributed by atoms with Gasteiger partial charge in [0.1, 0.15) is 0 Å². The van der Waals surface area contributed by atoms with Crippen molar-refractivity contribution in [2.45, 2.75) is 20.0 Å². The predicted octanol–water partition coefficient (Wildman–Crippen LogP) is 8.10. The van der Waals surface area contributed by atoms with E-state index in [1.807, 2.05) is 32.0 Å². The largest absolute Gasteiger partial charge is 0.416 e. The van der Waals surface area contributed by atoms with Gasteiger partial charge in [-0.25, -0.2) is 0 Å². The second-order valence-electron chi connectivity index (χ2n) is 6.60. The van der Waals surface area contributed by atoms with Gasteiger partial charge in [-0.1, -0.05) is 41.9 Å². The number of aromatic amines is 1. The highest BCUT2D eigenvalue weighted by Crippen LogP contribution is 2.33. The number of rotatable bonds is 3. The minimum atomic E-state index is -4.39. The number of nitrogens with zero attached hydrogens (tertiary/aromatic N) is 2. The van der Waals surface area contributed by atoms with E-state index >= 15 is 0 Å². The molecule has 0 bridgehead atoms. The third kappa shape index (κ3) is 4.92. The first-order chi connectivity index (χ1) is 15.4. The summed E-state index contributed by atoms with van der Waals surface area (Å²) < 4.78 is 39.5. The van der Waals surface area contributed by atoms with Gasteiger partial charge in [-0.3, -0.25) is 4.98 Å². The fourth-order valence-electron chi connectivity index (χ4n) is 3.26. The number of nitriles is 1. The first kappa shape index (κ1) is 23.3. The van der Waals surface area contributed by atoms with Crippen LogP contribution in [0.2, 0.25) is 0 Å². The van der Waals surface area contributed by atoms with Crippen molar-refractivity contribution in [3.63, 3.8) is 0 Å². The molecule has 0 saturated heterocycles. The number of H-pyrrole nitrogens is 1. The Hall–Kier alpha value is -3.37. The zero-order valence-electron chi connectivity index (χ0n) is 17.3. The molecule has 7 heteroatoms. The molecule has 0 amide bonds. The standard InChI is InChI=1S/C23H13BrF3N3.C2H6/c24-18-5-6-22-20(10-18)21(13-30-22)15(11-28)9-16-12-29-8-7-19(16)14-1-3-17(4-2-14)23(25,26)27;1-2/h1-10,12-13,30H;1-2H3/b15-9+;. The van der Waals surface area contributed by atoms with Crippen LogP contribution in [0.5, 0.6) is 0 Å². The van der Waals surface area contributed by atoms with Gasteiger partial charge < -0.3 is 4.98 Å². The highest BCUT2D eigenvalue weighted by Gasteiger charge is 2.30. The van der Waals surface area contributed by atoms with Gasteiger partial charge in [-0.05, 0) is 53.6 Å². The van der Waals surface area contributed by atoms with Crippen LogP contribution in [0.25, 0.3) is 33.7 Å². The predicted molar refractivity (Wildman–Crippen MR) is 126 cm³/mol. The topological polar surface area (TPSA) is 52.5 Å². The fraction of sp³-hybridized carbons (Fsp3) is 0.120. The summed E-state index contributed by atoms with van der Waals surface area (Å²) in [5.41, 5.74) is 3.26. The lowest BCUT2D eigenvalue weighted by Crippen LogP contribution is -2.04. The number of hydrogen-bond acceptors (Lipinski definition) is 2. The third-order valence-electron chi connectivity index (χ3n) is 4.73. The van der Waals surface area contributed by atoms with Gasteiger partial charge in [0.05, 0.1) is 17.2 Å². The Kier molecular flexibility index (Phi) is 7.16. The smallest absolute Gasteiger partial charge is 0.361 e. The minimum Gasteiger partial charge on any atom is -0.361 e. The zero-order valence-corrected chi connectivity index (χ0v) is 18.9. The van der Waals surface area contributed by atoms with E-state index in [2.05, 4.69) is 32.0 Å².